The van der Waals surface area contributed by atoms with E-state index >= 15 is 0 Å². The summed E-state index contributed by atoms with van der Waals surface area (Å²) in [5.74, 6) is 0.210. The van der Waals surface area contributed by atoms with Crippen LogP contribution in [-0.2, 0) is 9.53 Å². The third-order valence-electron chi connectivity index (χ3n) is 2.39. The third-order valence-corrected chi connectivity index (χ3v) is 2.39. The first-order valence-corrected chi connectivity index (χ1v) is 4.71. The van der Waals surface area contributed by atoms with E-state index in [1.807, 2.05) is 6.92 Å². The van der Waals surface area contributed by atoms with Crippen molar-refractivity contribution in [3.8, 4) is 0 Å². The van der Waals surface area contributed by atoms with Crippen molar-refractivity contribution in [3.05, 3.63) is 0 Å². The first-order chi connectivity index (χ1) is 6.15. The van der Waals surface area contributed by atoms with Crippen LogP contribution < -0.4 is 5.73 Å². The largest absolute Gasteiger partial charge is 0.378 e. The fraction of sp³-hybridized carbons (Fsp3) is 0.889. The summed E-state index contributed by atoms with van der Waals surface area (Å²) in [4.78, 5) is 13.4. The Morgan fingerprint density at radius 2 is 2.38 bits per heavy atom. The molecule has 0 aliphatic carbocycles. The first kappa shape index (κ1) is 10.5. The summed E-state index contributed by atoms with van der Waals surface area (Å²) in [6.07, 6.45) is 1.06. The topological polar surface area (TPSA) is 55.6 Å². The minimum Gasteiger partial charge on any atom is -0.378 e. The van der Waals surface area contributed by atoms with Gasteiger partial charge in [0.25, 0.3) is 0 Å². The number of nitrogens with two attached hydrogens (primary N) is 1. The number of amides is 1. The second-order valence-electron chi connectivity index (χ2n) is 3.63. The van der Waals surface area contributed by atoms with E-state index in [-0.39, 0.29) is 17.9 Å². The predicted molar refractivity (Wildman–Crippen MR) is 50.2 cm³/mol. The fourth-order valence-electron chi connectivity index (χ4n) is 1.60. The van der Waals surface area contributed by atoms with Crippen molar-refractivity contribution < 1.29 is 9.53 Å². The minimum absolute atomic E-state index is 0.0477. The molecule has 0 aromatic heterocycles. The molecule has 2 unspecified atom stereocenters. The molecule has 76 valence electrons. The van der Waals surface area contributed by atoms with Crippen LogP contribution in [0.1, 0.15) is 13.3 Å². The second-order valence-corrected chi connectivity index (χ2v) is 3.63. The van der Waals surface area contributed by atoms with E-state index in [0.717, 1.165) is 6.42 Å². The van der Waals surface area contributed by atoms with Crippen molar-refractivity contribution in [1.82, 2.24) is 4.90 Å². The Morgan fingerprint density at radius 1 is 1.69 bits per heavy atom. The van der Waals surface area contributed by atoms with Gasteiger partial charge in [-0.15, -0.1) is 0 Å². The normalized spacial score (nSPS) is 27.6. The van der Waals surface area contributed by atoms with Crippen molar-refractivity contribution in [2.24, 2.45) is 11.7 Å². The molecule has 4 heteroatoms. The SMILES string of the molecule is CC1CC(C(=O)N(C)CCN)CO1. The third kappa shape index (κ3) is 2.67. The maximum atomic E-state index is 11.7. The summed E-state index contributed by atoms with van der Waals surface area (Å²) in [5.41, 5.74) is 5.37. The fourth-order valence-corrected chi connectivity index (χ4v) is 1.60. The molecule has 1 heterocycles. The standard InChI is InChI=1S/C9H18N2O2/c1-7-5-8(6-13-7)9(12)11(2)4-3-10/h7-8H,3-6,10H2,1-2H3. The molecule has 0 spiro atoms. The van der Waals surface area contributed by atoms with Gasteiger partial charge in [-0.2, -0.15) is 0 Å². The zero-order valence-corrected chi connectivity index (χ0v) is 8.32. The minimum atomic E-state index is 0.0477. The summed E-state index contributed by atoms with van der Waals surface area (Å²) in [6.45, 7) is 3.71. The van der Waals surface area contributed by atoms with Gasteiger partial charge in [0.05, 0.1) is 18.6 Å². The Hall–Kier alpha value is -0.610. The van der Waals surface area contributed by atoms with Gasteiger partial charge in [0.15, 0.2) is 0 Å². The van der Waals surface area contributed by atoms with Gasteiger partial charge in [-0.25, -0.2) is 0 Å². The van der Waals surface area contributed by atoms with E-state index < -0.39 is 0 Å². The number of ether oxygens (including phenoxy) is 1. The van der Waals surface area contributed by atoms with Crippen LogP contribution in [0, 0.1) is 5.92 Å². The summed E-state index contributed by atoms with van der Waals surface area (Å²) in [7, 11) is 1.79. The van der Waals surface area contributed by atoms with E-state index in [0.29, 0.717) is 19.7 Å². The average molecular weight is 186 g/mol. The van der Waals surface area contributed by atoms with Crippen molar-refractivity contribution in [1.29, 1.82) is 0 Å². The highest BCUT2D eigenvalue weighted by molar-refractivity contribution is 5.79. The van der Waals surface area contributed by atoms with Crippen LogP contribution in [0.2, 0.25) is 0 Å². The van der Waals surface area contributed by atoms with Crippen LogP contribution in [0.3, 0.4) is 0 Å². The highest BCUT2D eigenvalue weighted by Gasteiger charge is 2.29. The van der Waals surface area contributed by atoms with Gasteiger partial charge in [-0.1, -0.05) is 0 Å². The Bertz CT molecular complexity index is 184. The number of carbonyl (C=O) groups is 1. The molecule has 1 fully saturated rings. The van der Waals surface area contributed by atoms with Crippen molar-refractivity contribution in [2.45, 2.75) is 19.4 Å². The van der Waals surface area contributed by atoms with Crippen LogP contribution >= 0.6 is 0 Å². The molecule has 0 aromatic rings. The Balaban J connectivity index is 2.38. The lowest BCUT2D eigenvalue weighted by atomic mass is 10.1. The Labute approximate surface area is 79.0 Å². The molecule has 13 heavy (non-hydrogen) atoms. The predicted octanol–water partition coefficient (Wildman–Crippen LogP) is -0.171. The Morgan fingerprint density at radius 3 is 2.85 bits per heavy atom. The van der Waals surface area contributed by atoms with Crippen LogP contribution in [-0.4, -0.2) is 43.7 Å². The average Bonchev–Trinajstić information content (AvgIpc) is 2.51. The Kier molecular flexibility index (Phi) is 3.69. The molecule has 1 rings (SSSR count). The van der Waals surface area contributed by atoms with Crippen LogP contribution in [0.5, 0.6) is 0 Å². The second kappa shape index (κ2) is 4.58. The quantitative estimate of drug-likeness (QED) is 0.665. The summed E-state index contributed by atoms with van der Waals surface area (Å²) < 4.78 is 5.34. The van der Waals surface area contributed by atoms with E-state index in [9.17, 15) is 4.79 Å². The van der Waals surface area contributed by atoms with Gasteiger partial charge in [0, 0.05) is 20.1 Å². The van der Waals surface area contributed by atoms with Crippen molar-refractivity contribution >= 4 is 5.91 Å². The number of hydrogen-bond donors (Lipinski definition) is 1. The van der Waals surface area contributed by atoms with E-state index in [1.165, 1.54) is 0 Å². The van der Waals surface area contributed by atoms with Gasteiger partial charge in [0.2, 0.25) is 5.91 Å². The lowest BCUT2D eigenvalue weighted by molar-refractivity contribution is -0.134. The van der Waals surface area contributed by atoms with Gasteiger partial charge in [-0.05, 0) is 13.3 Å². The molecule has 2 N–H and O–H groups in total. The molecule has 4 nitrogen and oxygen atoms in total. The zero-order valence-electron chi connectivity index (χ0n) is 8.32. The van der Waals surface area contributed by atoms with Crippen LogP contribution in [0.15, 0.2) is 0 Å². The van der Waals surface area contributed by atoms with Gasteiger partial charge in [-0.3, -0.25) is 4.79 Å². The van der Waals surface area contributed by atoms with Crippen LogP contribution in [0.4, 0.5) is 0 Å². The number of nitrogens with zero attached hydrogens (tertiary/aromatic N) is 1. The van der Waals surface area contributed by atoms with Crippen LogP contribution in [0.25, 0.3) is 0 Å². The van der Waals surface area contributed by atoms with E-state index in [2.05, 4.69) is 0 Å². The molecule has 2 atom stereocenters. The van der Waals surface area contributed by atoms with Gasteiger partial charge >= 0.3 is 0 Å². The zero-order chi connectivity index (χ0) is 9.84. The molecular weight excluding hydrogens is 168 g/mol. The van der Waals surface area contributed by atoms with Gasteiger partial charge < -0.3 is 15.4 Å². The molecule has 0 bridgehead atoms. The highest BCUT2D eigenvalue weighted by Crippen LogP contribution is 2.20. The molecule has 1 aliphatic heterocycles. The molecular formula is C9H18N2O2. The van der Waals surface area contributed by atoms with Crippen molar-refractivity contribution in [3.63, 3.8) is 0 Å². The summed E-state index contributed by atoms with van der Waals surface area (Å²) in [5, 5.41) is 0. The number of carbonyl (C=O) groups excluding carboxylic acids is 1. The monoisotopic (exact) mass is 186 g/mol. The summed E-state index contributed by atoms with van der Waals surface area (Å²) in [6, 6.07) is 0. The maximum Gasteiger partial charge on any atom is 0.227 e. The molecule has 1 amide bonds. The highest BCUT2D eigenvalue weighted by atomic mass is 16.5. The summed E-state index contributed by atoms with van der Waals surface area (Å²) >= 11 is 0. The van der Waals surface area contributed by atoms with E-state index in [4.69, 9.17) is 10.5 Å². The molecule has 1 aliphatic rings. The smallest absolute Gasteiger partial charge is 0.227 e. The molecule has 0 radical (unpaired) electrons. The molecule has 1 saturated heterocycles. The number of hydrogen-bond acceptors (Lipinski definition) is 3. The van der Waals surface area contributed by atoms with Gasteiger partial charge in [0.1, 0.15) is 0 Å². The maximum absolute atomic E-state index is 11.7. The molecule has 0 aromatic carbocycles. The number of rotatable bonds is 3. The van der Waals surface area contributed by atoms with Crippen molar-refractivity contribution in [2.75, 3.05) is 26.7 Å². The lowest BCUT2D eigenvalue weighted by Gasteiger charge is -2.19. The lowest BCUT2D eigenvalue weighted by Crippen LogP contribution is -2.36. The van der Waals surface area contributed by atoms with E-state index in [1.54, 1.807) is 11.9 Å². The number of likely N-dealkylation sites (N-methyl/N-ethyl adjacent to an activating group) is 1. The first-order valence-electron chi connectivity index (χ1n) is 4.71. The molecule has 0 saturated carbocycles.